The van der Waals surface area contributed by atoms with E-state index in [1.807, 2.05) is 0 Å². The number of likely N-dealkylation sites (N-methyl/N-ethyl adjacent to an activating group) is 1. The van der Waals surface area contributed by atoms with Gasteiger partial charge in [0, 0.05) is 34.5 Å². The smallest absolute Gasteiger partial charge is 0.241 e. The zero-order valence-electron chi connectivity index (χ0n) is 17.2. The van der Waals surface area contributed by atoms with Crippen LogP contribution in [0.2, 0.25) is 0 Å². The number of carbonyl (C=O) groups excluding carboxylic acids is 3. The number of benzene rings is 3. The van der Waals surface area contributed by atoms with Crippen LogP contribution in [-0.4, -0.2) is 35.5 Å². The molecule has 1 aliphatic rings. The predicted octanol–water partition coefficient (Wildman–Crippen LogP) is 4.06. The third-order valence-corrected chi connectivity index (χ3v) is 5.55. The number of rotatable bonds is 5. The first-order chi connectivity index (χ1) is 14.8. The van der Waals surface area contributed by atoms with Gasteiger partial charge in [0.2, 0.25) is 5.91 Å². The lowest BCUT2D eigenvalue weighted by Crippen LogP contribution is -2.39. The fourth-order valence-corrected chi connectivity index (χ4v) is 3.68. The number of hydrogen-bond donors (Lipinski definition) is 1. The minimum absolute atomic E-state index is 0.203. The third-order valence-electron chi connectivity index (χ3n) is 5.55. The number of carbonyl (C=O) groups is 3. The molecule has 3 aromatic carbocycles. The second-order valence-corrected chi connectivity index (χ2v) is 7.67. The van der Waals surface area contributed by atoms with Crippen LogP contribution in [-0.2, 0) is 11.3 Å². The molecule has 1 N–H and O–H groups in total. The second kappa shape index (κ2) is 8.24. The lowest BCUT2D eigenvalue weighted by molar-refractivity contribution is -0.120. The van der Waals surface area contributed by atoms with E-state index in [-0.39, 0.29) is 28.9 Å². The molecule has 3 aromatic rings. The zero-order valence-corrected chi connectivity index (χ0v) is 17.2. The molecular formula is C25H21FN2O3. The highest BCUT2D eigenvalue weighted by molar-refractivity contribution is 6.28. The summed E-state index contributed by atoms with van der Waals surface area (Å²) in [7, 11) is 1.78. The van der Waals surface area contributed by atoms with Crippen molar-refractivity contribution in [2.75, 3.05) is 12.4 Å². The van der Waals surface area contributed by atoms with Gasteiger partial charge in [-0.2, -0.15) is 0 Å². The van der Waals surface area contributed by atoms with E-state index in [0.717, 1.165) is 5.56 Å². The summed E-state index contributed by atoms with van der Waals surface area (Å²) in [6, 6.07) is 17.2. The molecule has 0 heterocycles. The Hall–Kier alpha value is -3.64. The maximum atomic E-state index is 13.4. The van der Waals surface area contributed by atoms with Crippen LogP contribution in [0.1, 0.15) is 44.3 Å². The summed E-state index contributed by atoms with van der Waals surface area (Å²) in [5, 5.41) is 2.81. The number of anilines is 1. The summed E-state index contributed by atoms with van der Waals surface area (Å²) in [5.74, 6) is -1.03. The highest BCUT2D eigenvalue weighted by Crippen LogP contribution is 2.29. The van der Waals surface area contributed by atoms with Crippen LogP contribution in [0.15, 0.2) is 66.7 Å². The summed E-state index contributed by atoms with van der Waals surface area (Å²) in [6.07, 6.45) is 0. The first-order valence-electron chi connectivity index (χ1n) is 9.93. The Morgan fingerprint density at radius 3 is 2.23 bits per heavy atom. The van der Waals surface area contributed by atoms with Crippen molar-refractivity contribution in [3.8, 4) is 0 Å². The number of fused-ring (bicyclic) bond motifs is 2. The molecule has 4 rings (SSSR count). The van der Waals surface area contributed by atoms with Crippen LogP contribution in [0.3, 0.4) is 0 Å². The molecule has 1 amide bonds. The van der Waals surface area contributed by atoms with E-state index in [2.05, 4.69) is 5.32 Å². The van der Waals surface area contributed by atoms with E-state index in [9.17, 15) is 18.8 Å². The van der Waals surface area contributed by atoms with Gasteiger partial charge < -0.3 is 5.32 Å². The average Bonchev–Trinajstić information content (AvgIpc) is 2.77. The summed E-state index contributed by atoms with van der Waals surface area (Å²) in [4.78, 5) is 40.1. The molecule has 0 bridgehead atoms. The molecule has 1 aliphatic carbocycles. The lowest BCUT2D eigenvalue weighted by atomic mass is 9.84. The van der Waals surface area contributed by atoms with Gasteiger partial charge in [-0.1, -0.05) is 36.4 Å². The van der Waals surface area contributed by atoms with Crippen molar-refractivity contribution in [3.05, 3.63) is 100 Å². The molecule has 0 radical (unpaired) electrons. The molecule has 0 spiro atoms. The monoisotopic (exact) mass is 416 g/mol. The predicted molar refractivity (Wildman–Crippen MR) is 116 cm³/mol. The Kier molecular flexibility index (Phi) is 5.48. The van der Waals surface area contributed by atoms with Crippen LogP contribution < -0.4 is 5.32 Å². The molecule has 0 unspecified atom stereocenters. The van der Waals surface area contributed by atoms with Crippen LogP contribution in [0, 0.1) is 5.82 Å². The number of amides is 1. The van der Waals surface area contributed by atoms with Crippen molar-refractivity contribution in [3.63, 3.8) is 0 Å². The highest BCUT2D eigenvalue weighted by atomic mass is 19.1. The molecular weight excluding hydrogens is 395 g/mol. The molecule has 0 saturated carbocycles. The largest absolute Gasteiger partial charge is 0.325 e. The van der Waals surface area contributed by atoms with Crippen molar-refractivity contribution in [1.29, 1.82) is 0 Å². The summed E-state index contributed by atoms with van der Waals surface area (Å²) in [6.45, 7) is 2.15. The van der Waals surface area contributed by atoms with Crippen LogP contribution in [0.4, 0.5) is 10.1 Å². The van der Waals surface area contributed by atoms with E-state index >= 15 is 0 Å². The van der Waals surface area contributed by atoms with Gasteiger partial charge in [-0.25, -0.2) is 4.39 Å². The number of hydrogen-bond acceptors (Lipinski definition) is 4. The molecule has 0 aromatic heterocycles. The average molecular weight is 416 g/mol. The second-order valence-electron chi connectivity index (χ2n) is 7.67. The topological polar surface area (TPSA) is 66.5 Å². The normalized spacial score (nSPS) is 13.5. The first-order valence-corrected chi connectivity index (χ1v) is 9.93. The van der Waals surface area contributed by atoms with E-state index in [0.29, 0.717) is 28.9 Å². The summed E-state index contributed by atoms with van der Waals surface area (Å²) in [5.41, 5.74) is 2.57. The number of ketones is 2. The maximum Gasteiger partial charge on any atom is 0.241 e. The molecule has 5 nitrogen and oxygen atoms in total. The summed E-state index contributed by atoms with van der Waals surface area (Å²) < 4.78 is 13.4. The Morgan fingerprint density at radius 2 is 1.55 bits per heavy atom. The van der Waals surface area contributed by atoms with Crippen molar-refractivity contribution in [2.24, 2.45) is 0 Å². The van der Waals surface area contributed by atoms with Crippen LogP contribution in [0.25, 0.3) is 0 Å². The van der Waals surface area contributed by atoms with E-state index in [1.54, 1.807) is 73.5 Å². The van der Waals surface area contributed by atoms with Gasteiger partial charge in [0.15, 0.2) is 11.6 Å². The number of nitrogens with zero attached hydrogens (tertiary/aromatic N) is 1. The van der Waals surface area contributed by atoms with Crippen molar-refractivity contribution in [2.45, 2.75) is 19.5 Å². The Morgan fingerprint density at radius 1 is 0.903 bits per heavy atom. The first kappa shape index (κ1) is 20.6. The maximum absolute atomic E-state index is 13.4. The Bertz CT molecular complexity index is 1200. The van der Waals surface area contributed by atoms with Gasteiger partial charge in [0.1, 0.15) is 5.82 Å². The van der Waals surface area contributed by atoms with Crippen molar-refractivity contribution < 1.29 is 18.8 Å². The minimum atomic E-state index is -0.502. The molecule has 0 fully saturated rings. The molecule has 31 heavy (non-hydrogen) atoms. The van der Waals surface area contributed by atoms with Gasteiger partial charge in [-0.15, -0.1) is 0 Å². The van der Waals surface area contributed by atoms with E-state index in [1.165, 1.54) is 12.1 Å². The minimum Gasteiger partial charge on any atom is -0.325 e. The molecule has 0 saturated heterocycles. The standard InChI is InChI=1S/C25H21FN2O3/c1-15(28(2)14-16-6-5-7-17(26)12-16)25(31)27-18-10-11-21-22(13-18)24(30)20-9-4-3-8-19(20)23(21)29/h3-13,15H,14H2,1-2H3,(H,27,31)/t15-/m0/s1. The Labute approximate surface area is 179 Å². The molecule has 0 aliphatic heterocycles. The van der Waals surface area contributed by atoms with Crippen LogP contribution in [0.5, 0.6) is 0 Å². The lowest BCUT2D eigenvalue weighted by Gasteiger charge is -2.24. The molecule has 156 valence electrons. The number of nitrogens with one attached hydrogen (secondary N) is 1. The van der Waals surface area contributed by atoms with E-state index < -0.39 is 6.04 Å². The fourth-order valence-electron chi connectivity index (χ4n) is 3.68. The van der Waals surface area contributed by atoms with Crippen molar-refractivity contribution in [1.82, 2.24) is 4.90 Å². The van der Waals surface area contributed by atoms with Gasteiger partial charge >= 0.3 is 0 Å². The van der Waals surface area contributed by atoms with Gasteiger partial charge in [-0.05, 0) is 49.9 Å². The summed E-state index contributed by atoms with van der Waals surface area (Å²) >= 11 is 0. The van der Waals surface area contributed by atoms with Gasteiger partial charge in [-0.3, -0.25) is 19.3 Å². The molecule has 1 atom stereocenters. The zero-order chi connectivity index (χ0) is 22.1. The van der Waals surface area contributed by atoms with Crippen molar-refractivity contribution >= 4 is 23.2 Å². The number of halogens is 1. The fraction of sp³-hybridized carbons (Fsp3) is 0.160. The third kappa shape index (κ3) is 4.02. The molecule has 6 heteroatoms. The van der Waals surface area contributed by atoms with Gasteiger partial charge in [0.25, 0.3) is 0 Å². The van der Waals surface area contributed by atoms with Crippen LogP contribution >= 0.6 is 0 Å². The Balaban J connectivity index is 1.50. The SMILES string of the molecule is C[C@@H](C(=O)Nc1ccc2c(c1)C(=O)c1ccccc1C2=O)N(C)Cc1cccc(F)c1. The highest BCUT2D eigenvalue weighted by Gasteiger charge is 2.29. The quantitative estimate of drug-likeness (QED) is 0.533. The van der Waals surface area contributed by atoms with Gasteiger partial charge in [0.05, 0.1) is 6.04 Å². The van der Waals surface area contributed by atoms with E-state index in [4.69, 9.17) is 0 Å².